The van der Waals surface area contributed by atoms with Crippen LogP contribution in [-0.2, 0) is 36.8 Å². The third-order valence-electron chi connectivity index (χ3n) is 7.03. The fraction of sp³-hybridized carbons (Fsp3) is 0.452. The molecule has 9 heteroatoms. The maximum Gasteiger partial charge on any atom is 0.419 e. The van der Waals surface area contributed by atoms with Crippen molar-refractivity contribution in [3.05, 3.63) is 65.4 Å². The summed E-state index contributed by atoms with van der Waals surface area (Å²) in [6.07, 6.45) is 0.204. The zero-order valence-corrected chi connectivity index (χ0v) is 24.1. The second-order valence-electron chi connectivity index (χ2n) is 10.8. The van der Waals surface area contributed by atoms with Crippen LogP contribution in [0.15, 0.2) is 48.5 Å². The van der Waals surface area contributed by atoms with Crippen LogP contribution in [0.2, 0.25) is 0 Å². The Morgan fingerprint density at radius 3 is 2.38 bits per heavy atom. The van der Waals surface area contributed by atoms with Crippen molar-refractivity contribution >= 4 is 28.9 Å². The summed E-state index contributed by atoms with van der Waals surface area (Å²) in [6.45, 7) is 7.88. The highest BCUT2D eigenvalue weighted by molar-refractivity contribution is 5.96. The number of hydrogen-bond acceptors (Lipinski definition) is 8. The molecule has 2 heterocycles. The molecule has 0 unspecified atom stereocenters. The summed E-state index contributed by atoms with van der Waals surface area (Å²) in [7, 11) is 2.93. The maximum absolute atomic E-state index is 13.8. The van der Waals surface area contributed by atoms with Crippen molar-refractivity contribution in [2.24, 2.45) is 0 Å². The number of carbonyl (C=O) groups is 3. The number of ether oxygens (including phenoxy) is 4. The van der Waals surface area contributed by atoms with Crippen LogP contribution in [0.3, 0.4) is 0 Å². The van der Waals surface area contributed by atoms with Gasteiger partial charge in [0.1, 0.15) is 17.4 Å². The van der Waals surface area contributed by atoms with Gasteiger partial charge < -0.3 is 18.9 Å². The topological polar surface area (TPSA) is 96.3 Å². The van der Waals surface area contributed by atoms with E-state index in [1.54, 1.807) is 24.7 Å². The lowest BCUT2D eigenvalue weighted by atomic mass is 9.88. The molecule has 0 N–H and O–H groups in total. The monoisotopic (exact) mass is 550 g/mol. The van der Waals surface area contributed by atoms with Crippen LogP contribution in [0, 0.1) is 0 Å². The maximum atomic E-state index is 13.8. The van der Waals surface area contributed by atoms with Crippen molar-refractivity contribution in [1.29, 1.82) is 0 Å². The SMILES string of the molecule is CCOC(=O)[C@H]1Cc2c(n(C(=O)OC(C)(C)C)c3ccc(OC)cc23)[C@H](CCC(=O)OC)N1Cc1ccccc1. The number of nitrogens with zero attached hydrogens (tertiary/aromatic N) is 2. The molecule has 1 aromatic heterocycles. The van der Waals surface area contributed by atoms with Crippen molar-refractivity contribution in [1.82, 2.24) is 9.47 Å². The molecule has 1 aliphatic heterocycles. The van der Waals surface area contributed by atoms with E-state index in [4.69, 9.17) is 18.9 Å². The summed E-state index contributed by atoms with van der Waals surface area (Å²) in [5.41, 5.74) is 2.42. The molecule has 3 aromatic rings. The fourth-order valence-corrected chi connectivity index (χ4v) is 5.37. The Balaban J connectivity index is 1.98. The van der Waals surface area contributed by atoms with Crippen LogP contribution in [0.1, 0.15) is 63.4 Å². The number of esters is 2. The smallest absolute Gasteiger partial charge is 0.419 e. The Morgan fingerprint density at radius 2 is 1.75 bits per heavy atom. The Morgan fingerprint density at radius 1 is 1.02 bits per heavy atom. The zero-order valence-electron chi connectivity index (χ0n) is 24.1. The number of carbonyl (C=O) groups excluding carboxylic acids is 3. The van der Waals surface area contributed by atoms with Crippen molar-refractivity contribution in [2.75, 3.05) is 20.8 Å². The fourth-order valence-electron chi connectivity index (χ4n) is 5.37. The van der Waals surface area contributed by atoms with Crippen LogP contribution in [0.5, 0.6) is 5.75 Å². The minimum absolute atomic E-state index is 0.0978. The van der Waals surface area contributed by atoms with Crippen LogP contribution in [0.25, 0.3) is 10.9 Å². The van der Waals surface area contributed by atoms with Crippen LogP contribution in [-0.4, -0.2) is 60.0 Å². The van der Waals surface area contributed by atoms with Gasteiger partial charge >= 0.3 is 18.0 Å². The number of hydrogen-bond donors (Lipinski definition) is 0. The number of benzene rings is 2. The lowest BCUT2D eigenvalue weighted by molar-refractivity contribution is -0.151. The highest BCUT2D eigenvalue weighted by Crippen LogP contribution is 2.44. The first-order chi connectivity index (χ1) is 19.1. The van der Waals surface area contributed by atoms with Crippen molar-refractivity contribution in [2.45, 2.75) is 71.2 Å². The number of rotatable bonds is 8. The summed E-state index contributed by atoms with van der Waals surface area (Å²) in [4.78, 5) is 41.7. The van der Waals surface area contributed by atoms with E-state index in [2.05, 4.69) is 0 Å². The summed E-state index contributed by atoms with van der Waals surface area (Å²) in [5, 5.41) is 0.789. The van der Waals surface area contributed by atoms with Crippen LogP contribution >= 0.6 is 0 Å². The van der Waals surface area contributed by atoms with Crippen molar-refractivity contribution < 1.29 is 33.3 Å². The highest BCUT2D eigenvalue weighted by Gasteiger charge is 2.43. The molecule has 0 spiro atoms. The molecule has 0 radical (unpaired) electrons. The van der Waals surface area contributed by atoms with E-state index in [1.807, 2.05) is 68.1 Å². The number of fused-ring (bicyclic) bond motifs is 3. The van der Waals surface area contributed by atoms with E-state index in [1.165, 1.54) is 7.11 Å². The molecule has 2 aromatic carbocycles. The Labute approximate surface area is 234 Å². The second-order valence-corrected chi connectivity index (χ2v) is 10.8. The molecular weight excluding hydrogens is 512 g/mol. The van der Waals surface area contributed by atoms with Gasteiger partial charge in [0.05, 0.1) is 38.1 Å². The predicted molar refractivity (Wildman–Crippen MR) is 150 cm³/mol. The molecule has 9 nitrogen and oxygen atoms in total. The van der Waals surface area contributed by atoms with Crippen LogP contribution in [0.4, 0.5) is 4.79 Å². The van der Waals surface area contributed by atoms with Gasteiger partial charge in [-0.05, 0) is 63.4 Å². The average Bonchev–Trinajstić information content (AvgIpc) is 3.25. The van der Waals surface area contributed by atoms with E-state index >= 15 is 0 Å². The summed E-state index contributed by atoms with van der Waals surface area (Å²) in [6, 6.07) is 14.2. The van der Waals surface area contributed by atoms with Gasteiger partial charge in [0.2, 0.25) is 0 Å². The molecule has 40 heavy (non-hydrogen) atoms. The summed E-state index contributed by atoms with van der Waals surface area (Å²) >= 11 is 0. The van der Waals surface area contributed by atoms with E-state index in [0.717, 1.165) is 16.5 Å². The summed E-state index contributed by atoms with van der Waals surface area (Å²) in [5.74, 6) is -0.101. The molecule has 0 saturated carbocycles. The molecule has 214 valence electrons. The zero-order chi connectivity index (χ0) is 29.0. The van der Waals surface area contributed by atoms with Gasteiger partial charge in [-0.2, -0.15) is 0 Å². The molecule has 0 aliphatic carbocycles. The molecule has 0 saturated heterocycles. The van der Waals surface area contributed by atoms with E-state index in [0.29, 0.717) is 36.3 Å². The lowest BCUT2D eigenvalue weighted by Crippen LogP contribution is -2.49. The lowest BCUT2D eigenvalue weighted by Gasteiger charge is -2.41. The first-order valence-corrected chi connectivity index (χ1v) is 13.6. The molecule has 2 atom stereocenters. The molecule has 4 rings (SSSR count). The summed E-state index contributed by atoms with van der Waals surface area (Å²) < 4.78 is 23.5. The average molecular weight is 551 g/mol. The van der Waals surface area contributed by atoms with E-state index in [9.17, 15) is 14.4 Å². The highest BCUT2D eigenvalue weighted by atomic mass is 16.6. The minimum atomic E-state index is -0.736. The van der Waals surface area contributed by atoms with Gasteiger partial charge in [0.25, 0.3) is 0 Å². The Hall–Kier alpha value is -3.85. The van der Waals surface area contributed by atoms with Gasteiger partial charge in [0, 0.05) is 24.8 Å². The van der Waals surface area contributed by atoms with Gasteiger partial charge in [0.15, 0.2) is 0 Å². The molecule has 0 fully saturated rings. The predicted octanol–water partition coefficient (Wildman–Crippen LogP) is 5.42. The third kappa shape index (κ3) is 6.14. The quantitative estimate of drug-likeness (QED) is 0.271. The van der Waals surface area contributed by atoms with Gasteiger partial charge in [-0.15, -0.1) is 0 Å². The van der Waals surface area contributed by atoms with Crippen molar-refractivity contribution in [3.8, 4) is 5.75 Å². The van der Waals surface area contributed by atoms with Crippen molar-refractivity contribution in [3.63, 3.8) is 0 Å². The molecular formula is C31H38N2O7. The molecule has 0 amide bonds. The largest absolute Gasteiger partial charge is 0.497 e. The molecule has 0 bridgehead atoms. The Bertz CT molecular complexity index is 1370. The van der Waals surface area contributed by atoms with E-state index < -0.39 is 23.8 Å². The standard InChI is InChI=1S/C31H38N2O7/c1-7-39-29(35)26-18-23-22-17-21(37-5)13-14-24(22)33(30(36)40-31(2,3)4)28(23)25(15-16-27(34)38-6)32(26)19-20-11-9-8-10-12-20/h8-14,17,25-26H,7,15-16,18-19H2,1-6H3/t25-,26+/m0/s1. The second kappa shape index (κ2) is 12.1. The first kappa shape index (κ1) is 29.1. The normalized spacial score (nSPS) is 17.2. The Kier molecular flexibility index (Phi) is 8.83. The molecule has 1 aliphatic rings. The van der Waals surface area contributed by atoms with Gasteiger partial charge in [-0.25, -0.2) is 9.36 Å². The van der Waals surface area contributed by atoms with Gasteiger partial charge in [-0.1, -0.05) is 30.3 Å². The first-order valence-electron chi connectivity index (χ1n) is 13.6. The minimum Gasteiger partial charge on any atom is -0.497 e. The number of methoxy groups -OCH3 is 2. The van der Waals surface area contributed by atoms with Crippen LogP contribution < -0.4 is 4.74 Å². The third-order valence-corrected chi connectivity index (χ3v) is 7.03. The number of aromatic nitrogens is 1. The van der Waals surface area contributed by atoms with E-state index in [-0.39, 0.29) is 25.0 Å². The van der Waals surface area contributed by atoms with Gasteiger partial charge in [-0.3, -0.25) is 14.5 Å².